The molecule has 0 aliphatic carbocycles. The smallest absolute Gasteiger partial charge is 0.0505 e. The molecule has 2 N–H and O–H groups in total. The van der Waals surface area contributed by atoms with Crippen LogP contribution in [0.4, 0.5) is 5.69 Å². The number of fused-ring (bicyclic) bond motifs is 1. The van der Waals surface area contributed by atoms with Crippen LogP contribution in [0.2, 0.25) is 0 Å². The van der Waals surface area contributed by atoms with Gasteiger partial charge in [0.1, 0.15) is 0 Å². The Morgan fingerprint density at radius 3 is 3.07 bits per heavy atom. The molecule has 1 aliphatic rings. The molecule has 0 saturated heterocycles. The molecule has 1 aromatic rings. The Kier molecular flexibility index (Phi) is 2.99. The summed E-state index contributed by atoms with van der Waals surface area (Å²) >= 11 is 1.94. The number of hydrogen-bond acceptors (Lipinski definition) is 3. The summed E-state index contributed by atoms with van der Waals surface area (Å²) in [5.41, 5.74) is 7.18. The van der Waals surface area contributed by atoms with E-state index in [-0.39, 0.29) is 6.04 Å². The van der Waals surface area contributed by atoms with Crippen LogP contribution < -0.4 is 10.6 Å². The second-order valence-corrected chi connectivity index (χ2v) is 4.88. The summed E-state index contributed by atoms with van der Waals surface area (Å²) in [6.07, 6.45) is 0. The van der Waals surface area contributed by atoms with Gasteiger partial charge in [0.25, 0.3) is 0 Å². The van der Waals surface area contributed by atoms with Gasteiger partial charge in [0, 0.05) is 29.8 Å². The third kappa shape index (κ3) is 2.04. The number of thioether (sulfide) groups is 1. The number of nitrogens with two attached hydrogens (primary N) is 1. The van der Waals surface area contributed by atoms with Gasteiger partial charge < -0.3 is 10.6 Å². The molecule has 0 spiro atoms. The monoisotopic (exact) mass is 208 g/mol. The summed E-state index contributed by atoms with van der Waals surface area (Å²) in [6.45, 7) is 4.13. The maximum absolute atomic E-state index is 5.83. The van der Waals surface area contributed by atoms with E-state index in [1.165, 1.54) is 16.3 Å². The molecular weight excluding hydrogens is 192 g/mol. The highest BCUT2D eigenvalue weighted by molar-refractivity contribution is 7.99. The van der Waals surface area contributed by atoms with Crippen LogP contribution in [0.3, 0.4) is 0 Å². The average molecular weight is 208 g/mol. The standard InChI is InChI=1S/C11H16N2S/c1-9(12)8-13-6-7-14-11-5-3-2-4-10(11)13/h2-5,9H,6-8,12H2,1H3. The normalized spacial score (nSPS) is 17.7. The molecule has 14 heavy (non-hydrogen) atoms. The fraction of sp³-hybridized carbons (Fsp3) is 0.455. The molecule has 1 unspecified atom stereocenters. The van der Waals surface area contributed by atoms with Crippen molar-refractivity contribution in [1.29, 1.82) is 0 Å². The van der Waals surface area contributed by atoms with Crippen molar-refractivity contribution in [2.24, 2.45) is 5.73 Å². The molecule has 0 saturated carbocycles. The molecule has 1 aliphatic heterocycles. The Morgan fingerprint density at radius 1 is 1.50 bits per heavy atom. The first-order valence-corrected chi connectivity index (χ1v) is 5.98. The molecule has 1 heterocycles. The van der Waals surface area contributed by atoms with E-state index in [4.69, 9.17) is 5.73 Å². The first-order chi connectivity index (χ1) is 6.77. The lowest BCUT2D eigenvalue weighted by Gasteiger charge is -2.31. The first-order valence-electron chi connectivity index (χ1n) is 5.00. The molecular formula is C11H16N2S. The van der Waals surface area contributed by atoms with Gasteiger partial charge in [0.05, 0.1) is 5.69 Å². The zero-order valence-corrected chi connectivity index (χ0v) is 9.26. The van der Waals surface area contributed by atoms with Gasteiger partial charge in [-0.1, -0.05) is 12.1 Å². The van der Waals surface area contributed by atoms with Crippen LogP contribution in [-0.2, 0) is 0 Å². The van der Waals surface area contributed by atoms with Crippen LogP contribution in [0.5, 0.6) is 0 Å². The van der Waals surface area contributed by atoms with Gasteiger partial charge in [-0.15, -0.1) is 11.8 Å². The van der Waals surface area contributed by atoms with Crippen molar-refractivity contribution in [3.05, 3.63) is 24.3 Å². The molecule has 3 heteroatoms. The van der Waals surface area contributed by atoms with Crippen LogP contribution in [0.1, 0.15) is 6.92 Å². The van der Waals surface area contributed by atoms with Crippen LogP contribution in [0.15, 0.2) is 29.2 Å². The maximum atomic E-state index is 5.83. The van der Waals surface area contributed by atoms with Crippen LogP contribution in [0, 0.1) is 0 Å². The van der Waals surface area contributed by atoms with E-state index in [2.05, 4.69) is 36.1 Å². The lowest BCUT2D eigenvalue weighted by atomic mass is 10.2. The molecule has 0 bridgehead atoms. The summed E-state index contributed by atoms with van der Waals surface area (Å²) in [6, 6.07) is 8.81. The maximum Gasteiger partial charge on any atom is 0.0505 e. The van der Waals surface area contributed by atoms with Crippen molar-refractivity contribution in [1.82, 2.24) is 0 Å². The number of para-hydroxylation sites is 1. The van der Waals surface area contributed by atoms with Gasteiger partial charge in [0.15, 0.2) is 0 Å². The molecule has 2 nitrogen and oxygen atoms in total. The molecule has 0 amide bonds. The number of anilines is 1. The van der Waals surface area contributed by atoms with Crippen molar-refractivity contribution in [3.63, 3.8) is 0 Å². The van der Waals surface area contributed by atoms with Gasteiger partial charge in [0.2, 0.25) is 0 Å². The van der Waals surface area contributed by atoms with Crippen molar-refractivity contribution in [2.45, 2.75) is 17.9 Å². The highest BCUT2D eigenvalue weighted by Gasteiger charge is 2.16. The quantitative estimate of drug-likeness (QED) is 0.805. The minimum Gasteiger partial charge on any atom is -0.368 e. The van der Waals surface area contributed by atoms with Crippen molar-refractivity contribution in [3.8, 4) is 0 Å². The summed E-state index contributed by atoms with van der Waals surface area (Å²) in [4.78, 5) is 3.77. The van der Waals surface area contributed by atoms with Crippen molar-refractivity contribution in [2.75, 3.05) is 23.7 Å². The molecule has 1 aromatic carbocycles. The van der Waals surface area contributed by atoms with Crippen LogP contribution >= 0.6 is 11.8 Å². The number of nitrogens with zero attached hydrogens (tertiary/aromatic N) is 1. The summed E-state index contributed by atoms with van der Waals surface area (Å²) in [5, 5.41) is 0. The SMILES string of the molecule is CC(N)CN1CCSc2ccccc21. The van der Waals surface area contributed by atoms with Gasteiger partial charge in [-0.25, -0.2) is 0 Å². The van der Waals surface area contributed by atoms with E-state index in [0.29, 0.717) is 0 Å². The molecule has 76 valence electrons. The topological polar surface area (TPSA) is 29.3 Å². The summed E-state index contributed by atoms with van der Waals surface area (Å²) in [7, 11) is 0. The molecule has 0 radical (unpaired) electrons. The minimum absolute atomic E-state index is 0.242. The van der Waals surface area contributed by atoms with E-state index in [1.807, 2.05) is 11.8 Å². The number of hydrogen-bond donors (Lipinski definition) is 1. The third-order valence-corrected chi connectivity index (χ3v) is 3.38. The predicted octanol–water partition coefficient (Wildman–Crippen LogP) is 1.95. The van der Waals surface area contributed by atoms with Gasteiger partial charge >= 0.3 is 0 Å². The second-order valence-electron chi connectivity index (χ2n) is 3.74. The van der Waals surface area contributed by atoms with E-state index >= 15 is 0 Å². The highest BCUT2D eigenvalue weighted by Crippen LogP contribution is 2.33. The molecule has 2 rings (SSSR count). The van der Waals surface area contributed by atoms with Gasteiger partial charge in [-0.3, -0.25) is 0 Å². The largest absolute Gasteiger partial charge is 0.368 e. The third-order valence-electron chi connectivity index (χ3n) is 2.33. The summed E-state index contributed by atoms with van der Waals surface area (Å²) in [5.74, 6) is 1.17. The molecule has 0 fully saturated rings. The fourth-order valence-electron chi connectivity index (χ4n) is 1.76. The lowest BCUT2D eigenvalue weighted by molar-refractivity contribution is 0.684. The Balaban J connectivity index is 2.22. The lowest BCUT2D eigenvalue weighted by Crippen LogP contribution is -2.38. The Morgan fingerprint density at radius 2 is 2.29 bits per heavy atom. The van der Waals surface area contributed by atoms with Gasteiger partial charge in [-0.2, -0.15) is 0 Å². The summed E-state index contributed by atoms with van der Waals surface area (Å²) < 4.78 is 0. The van der Waals surface area contributed by atoms with E-state index in [1.54, 1.807) is 0 Å². The van der Waals surface area contributed by atoms with E-state index in [9.17, 15) is 0 Å². The van der Waals surface area contributed by atoms with Crippen molar-refractivity contribution < 1.29 is 0 Å². The molecule has 1 atom stereocenters. The predicted molar refractivity (Wildman–Crippen MR) is 63.0 cm³/mol. The Hall–Kier alpha value is -0.670. The van der Waals surface area contributed by atoms with Crippen molar-refractivity contribution >= 4 is 17.4 Å². The molecule has 0 aromatic heterocycles. The first kappa shape index (κ1) is 9.87. The van der Waals surface area contributed by atoms with E-state index < -0.39 is 0 Å². The van der Waals surface area contributed by atoms with Crippen LogP contribution in [-0.4, -0.2) is 24.9 Å². The Bertz CT molecular complexity index is 312. The fourth-order valence-corrected chi connectivity index (χ4v) is 2.82. The number of rotatable bonds is 2. The average Bonchev–Trinajstić information content (AvgIpc) is 2.18. The zero-order valence-electron chi connectivity index (χ0n) is 8.44. The Labute approximate surface area is 89.5 Å². The highest BCUT2D eigenvalue weighted by atomic mass is 32.2. The van der Waals surface area contributed by atoms with Gasteiger partial charge in [-0.05, 0) is 19.1 Å². The van der Waals surface area contributed by atoms with Crippen LogP contribution in [0.25, 0.3) is 0 Å². The minimum atomic E-state index is 0.242. The number of benzene rings is 1. The van der Waals surface area contributed by atoms with E-state index in [0.717, 1.165) is 13.1 Å². The second kappa shape index (κ2) is 4.24. The zero-order chi connectivity index (χ0) is 9.97.